The summed E-state index contributed by atoms with van der Waals surface area (Å²) in [4.78, 5) is 46.7. The Bertz CT molecular complexity index is 1120. The third-order valence-corrected chi connectivity index (χ3v) is 8.08. The van der Waals surface area contributed by atoms with E-state index in [-0.39, 0.29) is 30.9 Å². The first kappa shape index (κ1) is 24.5. The van der Waals surface area contributed by atoms with Gasteiger partial charge in [0.15, 0.2) is 0 Å². The molecule has 0 aromatic heterocycles. The summed E-state index contributed by atoms with van der Waals surface area (Å²) in [6.07, 6.45) is 8.35. The fourth-order valence-electron chi connectivity index (χ4n) is 6.36. The maximum absolute atomic E-state index is 14.3. The van der Waals surface area contributed by atoms with Gasteiger partial charge in [0, 0.05) is 39.0 Å². The van der Waals surface area contributed by atoms with Crippen LogP contribution < -0.4 is 9.64 Å². The molecule has 5 rings (SSSR count). The van der Waals surface area contributed by atoms with Gasteiger partial charge in [-0.25, -0.2) is 0 Å². The minimum absolute atomic E-state index is 0.117. The van der Waals surface area contributed by atoms with Gasteiger partial charge < -0.3 is 29.3 Å². The first-order valence-electron chi connectivity index (χ1n) is 12.5. The van der Waals surface area contributed by atoms with Crippen LogP contribution in [-0.4, -0.2) is 90.3 Å². The number of fused-ring (bicyclic) bond motifs is 2. The smallest absolute Gasteiger partial charge is 0.253 e. The van der Waals surface area contributed by atoms with Gasteiger partial charge in [0.2, 0.25) is 11.8 Å². The first-order valence-corrected chi connectivity index (χ1v) is 12.5. The summed E-state index contributed by atoms with van der Waals surface area (Å²) in [7, 11) is 3.31. The number of benzene rings is 1. The van der Waals surface area contributed by atoms with E-state index in [1.54, 1.807) is 36.1 Å². The van der Waals surface area contributed by atoms with E-state index in [9.17, 15) is 19.5 Å². The van der Waals surface area contributed by atoms with E-state index in [1.165, 1.54) is 4.90 Å². The van der Waals surface area contributed by atoms with Gasteiger partial charge in [-0.1, -0.05) is 31.2 Å². The Balaban J connectivity index is 1.64. The molecule has 9 nitrogen and oxygen atoms in total. The average molecular weight is 496 g/mol. The summed E-state index contributed by atoms with van der Waals surface area (Å²) >= 11 is 0. The second-order valence-electron chi connectivity index (χ2n) is 9.90. The molecule has 1 N–H and O–H groups in total. The maximum atomic E-state index is 14.3. The van der Waals surface area contributed by atoms with E-state index in [0.717, 1.165) is 0 Å². The lowest BCUT2D eigenvalue weighted by atomic mass is 9.73. The fourth-order valence-corrected chi connectivity index (χ4v) is 6.36. The number of carbonyl (C=O) groups is 3. The summed E-state index contributed by atoms with van der Waals surface area (Å²) in [5.74, 6) is -1.61. The molecule has 5 atom stereocenters. The Labute approximate surface area is 210 Å². The van der Waals surface area contributed by atoms with Crippen LogP contribution in [0.2, 0.25) is 0 Å². The molecule has 4 aliphatic rings. The number of hydrogen-bond donors (Lipinski definition) is 1. The van der Waals surface area contributed by atoms with Crippen molar-refractivity contribution in [3.8, 4) is 5.75 Å². The molecular weight excluding hydrogens is 462 g/mol. The summed E-state index contributed by atoms with van der Waals surface area (Å²) in [6.45, 7) is 2.76. The summed E-state index contributed by atoms with van der Waals surface area (Å²) < 4.78 is 12.1. The molecule has 1 aromatic carbocycles. The highest BCUT2D eigenvalue weighted by Crippen LogP contribution is 2.58. The molecule has 3 amide bonds. The number of likely N-dealkylation sites (N-methyl/N-ethyl adjacent to an activating group) is 1. The zero-order valence-corrected chi connectivity index (χ0v) is 20.9. The van der Waals surface area contributed by atoms with Crippen LogP contribution in [0.25, 0.3) is 0 Å². The Morgan fingerprint density at radius 3 is 2.42 bits per heavy atom. The number of aliphatic hydroxyl groups excluding tert-OH is 1. The van der Waals surface area contributed by atoms with Crippen molar-refractivity contribution >= 4 is 23.4 Å². The second kappa shape index (κ2) is 9.05. The third kappa shape index (κ3) is 3.40. The number of rotatable bonds is 6. The molecule has 0 aliphatic carbocycles. The van der Waals surface area contributed by atoms with Crippen LogP contribution in [0.1, 0.15) is 19.8 Å². The van der Waals surface area contributed by atoms with Gasteiger partial charge in [0.1, 0.15) is 17.4 Å². The van der Waals surface area contributed by atoms with Crippen molar-refractivity contribution in [3.63, 3.8) is 0 Å². The van der Waals surface area contributed by atoms with Crippen LogP contribution in [0.4, 0.5) is 5.69 Å². The van der Waals surface area contributed by atoms with Crippen LogP contribution in [0.15, 0.2) is 48.6 Å². The van der Waals surface area contributed by atoms with Gasteiger partial charge in [-0.2, -0.15) is 0 Å². The van der Waals surface area contributed by atoms with Crippen molar-refractivity contribution in [2.45, 2.75) is 37.0 Å². The molecule has 0 radical (unpaired) electrons. The molecule has 1 spiro atoms. The predicted octanol–water partition coefficient (Wildman–Crippen LogP) is 1.37. The predicted molar refractivity (Wildman–Crippen MR) is 132 cm³/mol. The monoisotopic (exact) mass is 495 g/mol. The fraction of sp³-hybridized carbons (Fsp3) is 0.519. The molecule has 2 fully saturated rings. The number of anilines is 1. The van der Waals surface area contributed by atoms with Crippen LogP contribution in [-0.2, 0) is 19.1 Å². The Morgan fingerprint density at radius 2 is 1.75 bits per heavy atom. The van der Waals surface area contributed by atoms with Crippen molar-refractivity contribution in [1.82, 2.24) is 9.80 Å². The Morgan fingerprint density at radius 1 is 1.03 bits per heavy atom. The summed E-state index contributed by atoms with van der Waals surface area (Å²) in [5.41, 5.74) is -1.60. The quantitative estimate of drug-likeness (QED) is 0.599. The summed E-state index contributed by atoms with van der Waals surface area (Å²) in [6, 6.07) is 6.24. The van der Waals surface area contributed by atoms with Crippen molar-refractivity contribution in [2.75, 3.05) is 45.3 Å². The van der Waals surface area contributed by atoms with Crippen LogP contribution in [0.5, 0.6) is 5.75 Å². The molecule has 2 saturated heterocycles. The largest absolute Gasteiger partial charge is 0.497 e. The lowest BCUT2D eigenvalue weighted by molar-refractivity contribution is -0.149. The van der Waals surface area contributed by atoms with E-state index in [1.807, 2.05) is 43.4 Å². The number of ether oxygens (including phenoxy) is 2. The summed E-state index contributed by atoms with van der Waals surface area (Å²) in [5, 5.41) is 9.53. The van der Waals surface area contributed by atoms with Crippen LogP contribution in [0.3, 0.4) is 0 Å². The maximum Gasteiger partial charge on any atom is 0.253 e. The Kier molecular flexibility index (Phi) is 6.16. The van der Waals surface area contributed by atoms with E-state index in [2.05, 4.69) is 0 Å². The second-order valence-corrected chi connectivity index (χ2v) is 9.90. The highest BCUT2D eigenvalue weighted by Gasteiger charge is 2.75. The van der Waals surface area contributed by atoms with Crippen LogP contribution >= 0.6 is 0 Å². The van der Waals surface area contributed by atoms with Crippen LogP contribution in [0, 0.1) is 11.8 Å². The van der Waals surface area contributed by atoms with Crippen molar-refractivity contribution < 1.29 is 29.0 Å². The lowest BCUT2D eigenvalue weighted by Crippen LogP contribution is -2.56. The van der Waals surface area contributed by atoms with Gasteiger partial charge >= 0.3 is 0 Å². The first-order chi connectivity index (χ1) is 17.3. The van der Waals surface area contributed by atoms with E-state index in [0.29, 0.717) is 37.4 Å². The SMILES string of the molecule is CC[C@]12C=CCN(C)C(=O)[C@H]1[C@H]1C(=O)N(CCCO)C3C(=O)N(c4ccc(OC)cc4)CC=C[C@@]31O2. The van der Waals surface area contributed by atoms with E-state index < -0.39 is 29.1 Å². The van der Waals surface area contributed by atoms with Crippen molar-refractivity contribution in [3.05, 3.63) is 48.6 Å². The molecule has 9 heteroatoms. The zero-order chi connectivity index (χ0) is 25.7. The lowest BCUT2D eigenvalue weighted by Gasteiger charge is -2.38. The molecule has 0 saturated carbocycles. The molecule has 4 aliphatic heterocycles. The molecule has 36 heavy (non-hydrogen) atoms. The Hall–Kier alpha value is -3.17. The minimum Gasteiger partial charge on any atom is -0.497 e. The number of carbonyl (C=O) groups excluding carboxylic acids is 3. The topological polar surface area (TPSA) is 99.6 Å². The molecule has 1 unspecified atom stereocenters. The number of likely N-dealkylation sites (tertiary alicyclic amines) is 1. The van der Waals surface area contributed by atoms with Gasteiger partial charge in [-0.3, -0.25) is 14.4 Å². The van der Waals surface area contributed by atoms with Gasteiger partial charge in [0.25, 0.3) is 5.91 Å². The molecule has 4 heterocycles. The molecule has 192 valence electrons. The van der Waals surface area contributed by atoms with Crippen molar-refractivity contribution in [1.29, 1.82) is 0 Å². The van der Waals surface area contributed by atoms with Gasteiger partial charge in [0.05, 0.1) is 24.5 Å². The average Bonchev–Trinajstić information content (AvgIpc) is 3.18. The number of hydrogen-bond acceptors (Lipinski definition) is 6. The van der Waals surface area contributed by atoms with E-state index >= 15 is 0 Å². The third-order valence-electron chi connectivity index (χ3n) is 8.08. The molecular formula is C27H33N3O6. The van der Waals surface area contributed by atoms with Gasteiger partial charge in [-0.15, -0.1) is 0 Å². The number of aliphatic hydroxyl groups is 1. The highest BCUT2D eigenvalue weighted by atomic mass is 16.5. The number of amides is 3. The number of nitrogens with zero attached hydrogens (tertiary/aromatic N) is 3. The standard InChI is InChI=1S/C27H33N3O6/c1-4-26-12-5-14-28(2)23(32)20(26)21-24(33)30(16-7-17-31)22-25(34)29(15-6-13-27(21,22)36-26)18-8-10-19(35-3)11-9-18/h5-6,8-13,20-22,31H,4,7,14-17H2,1-3H3/t20-,21+,22?,26+,27+/m1/s1. The van der Waals surface area contributed by atoms with Crippen molar-refractivity contribution in [2.24, 2.45) is 11.8 Å². The zero-order valence-electron chi connectivity index (χ0n) is 20.9. The molecule has 0 bridgehead atoms. The normalized spacial score (nSPS) is 33.4. The van der Waals surface area contributed by atoms with Gasteiger partial charge in [-0.05, 0) is 37.1 Å². The minimum atomic E-state index is -1.29. The molecule has 1 aromatic rings. The number of methoxy groups -OCH3 is 1. The van der Waals surface area contributed by atoms with E-state index in [4.69, 9.17) is 9.47 Å². The highest BCUT2D eigenvalue weighted by molar-refractivity contribution is 6.06.